The number of nitrogens with one attached hydrogen (secondary N) is 2. The highest BCUT2D eigenvalue weighted by molar-refractivity contribution is 9.10. The van der Waals surface area contributed by atoms with E-state index in [0.717, 1.165) is 23.4 Å². The maximum atomic E-state index is 13.6. The molecular weight excluding hydrogens is 320 g/mol. The van der Waals surface area contributed by atoms with Gasteiger partial charge in [0.25, 0.3) is 5.91 Å². The first-order valence-electron chi connectivity index (χ1n) is 5.40. The highest BCUT2D eigenvalue weighted by atomic mass is 79.9. The lowest BCUT2D eigenvalue weighted by molar-refractivity contribution is 0.0942. The lowest BCUT2D eigenvalue weighted by Crippen LogP contribution is -2.25. The van der Waals surface area contributed by atoms with Gasteiger partial charge in [-0.1, -0.05) is 15.9 Å². The molecular formula is C12H10BrF2N3O. The van der Waals surface area contributed by atoms with Crippen LogP contribution in [0.25, 0.3) is 0 Å². The largest absolute Gasteiger partial charge is 0.348 e. The molecule has 0 bridgehead atoms. The van der Waals surface area contributed by atoms with E-state index in [9.17, 15) is 13.6 Å². The van der Waals surface area contributed by atoms with Crippen molar-refractivity contribution < 1.29 is 13.6 Å². The maximum Gasteiger partial charge on any atom is 0.257 e. The van der Waals surface area contributed by atoms with Crippen LogP contribution in [0.5, 0.6) is 0 Å². The van der Waals surface area contributed by atoms with E-state index in [1.807, 2.05) is 0 Å². The van der Waals surface area contributed by atoms with Crippen LogP contribution in [0, 0.1) is 18.6 Å². The number of carbonyl (C=O) groups excluding carboxylic acids is 1. The van der Waals surface area contributed by atoms with E-state index in [4.69, 9.17) is 0 Å². The summed E-state index contributed by atoms with van der Waals surface area (Å²) in [4.78, 5) is 11.8. The topological polar surface area (TPSA) is 57.8 Å². The van der Waals surface area contributed by atoms with E-state index in [1.165, 1.54) is 0 Å². The van der Waals surface area contributed by atoms with Gasteiger partial charge in [-0.15, -0.1) is 0 Å². The van der Waals surface area contributed by atoms with Crippen LogP contribution in [0.3, 0.4) is 0 Å². The zero-order chi connectivity index (χ0) is 14.0. The molecule has 2 aromatic rings. The average molecular weight is 330 g/mol. The van der Waals surface area contributed by atoms with Crippen molar-refractivity contribution in [3.8, 4) is 0 Å². The minimum atomic E-state index is -0.909. The molecule has 0 aliphatic heterocycles. The number of aromatic nitrogens is 2. The summed E-state index contributed by atoms with van der Waals surface area (Å²) in [6.07, 6.45) is 1.55. The molecule has 1 heterocycles. The van der Waals surface area contributed by atoms with E-state index < -0.39 is 23.1 Å². The van der Waals surface area contributed by atoms with E-state index in [1.54, 1.807) is 13.1 Å². The molecule has 2 N–H and O–H groups in total. The summed E-state index contributed by atoms with van der Waals surface area (Å²) in [6, 6.07) is 2.09. The molecule has 19 heavy (non-hydrogen) atoms. The summed E-state index contributed by atoms with van der Waals surface area (Å²) in [5.74, 6) is -2.62. The van der Waals surface area contributed by atoms with Crippen LogP contribution in [0.4, 0.5) is 8.78 Å². The Morgan fingerprint density at radius 1 is 1.42 bits per heavy atom. The quantitative estimate of drug-likeness (QED) is 0.909. The number of carbonyl (C=O) groups is 1. The zero-order valence-corrected chi connectivity index (χ0v) is 11.5. The second-order valence-electron chi connectivity index (χ2n) is 3.95. The van der Waals surface area contributed by atoms with Gasteiger partial charge in [0.15, 0.2) is 0 Å². The normalized spacial score (nSPS) is 10.5. The minimum absolute atomic E-state index is 0.149. The summed E-state index contributed by atoms with van der Waals surface area (Å²) in [5, 5.41) is 8.94. The van der Waals surface area contributed by atoms with Crippen molar-refractivity contribution in [2.75, 3.05) is 0 Å². The Kier molecular flexibility index (Phi) is 3.94. The van der Waals surface area contributed by atoms with Gasteiger partial charge >= 0.3 is 0 Å². The standard InChI is InChI=1S/C12H10BrF2N3O/c1-6-7(5-17-18-6)4-16-12(19)11-9(14)2-8(13)3-10(11)15/h2-3,5H,4H2,1H3,(H,16,19)(H,17,18). The summed E-state index contributed by atoms with van der Waals surface area (Å²) in [7, 11) is 0. The van der Waals surface area contributed by atoms with E-state index in [0.29, 0.717) is 0 Å². The first kappa shape index (κ1) is 13.7. The van der Waals surface area contributed by atoms with Crippen molar-refractivity contribution in [1.82, 2.24) is 15.5 Å². The van der Waals surface area contributed by atoms with Crippen LogP contribution in [0.2, 0.25) is 0 Å². The molecule has 0 aliphatic rings. The fourth-order valence-corrected chi connectivity index (χ4v) is 1.98. The number of benzene rings is 1. The summed E-state index contributed by atoms with van der Waals surface area (Å²) in [6.45, 7) is 1.94. The molecule has 0 atom stereocenters. The van der Waals surface area contributed by atoms with E-state index in [2.05, 4.69) is 31.4 Å². The van der Waals surface area contributed by atoms with Crippen LogP contribution in [-0.2, 0) is 6.54 Å². The second-order valence-corrected chi connectivity index (χ2v) is 4.86. The fraction of sp³-hybridized carbons (Fsp3) is 0.167. The molecule has 0 saturated heterocycles. The van der Waals surface area contributed by atoms with E-state index in [-0.39, 0.29) is 11.0 Å². The molecule has 1 aromatic heterocycles. The molecule has 0 radical (unpaired) electrons. The molecule has 7 heteroatoms. The number of hydrogen-bond acceptors (Lipinski definition) is 2. The molecule has 4 nitrogen and oxygen atoms in total. The Labute approximate surface area is 116 Å². The number of aryl methyl sites for hydroxylation is 1. The van der Waals surface area contributed by atoms with Crippen molar-refractivity contribution in [2.24, 2.45) is 0 Å². The Morgan fingerprint density at radius 3 is 2.58 bits per heavy atom. The molecule has 1 aromatic carbocycles. The van der Waals surface area contributed by atoms with Crippen LogP contribution in [0.15, 0.2) is 22.8 Å². The number of hydrogen-bond donors (Lipinski definition) is 2. The van der Waals surface area contributed by atoms with Gasteiger partial charge < -0.3 is 5.32 Å². The Bertz CT molecular complexity index is 604. The van der Waals surface area contributed by atoms with Crippen LogP contribution in [0.1, 0.15) is 21.6 Å². The van der Waals surface area contributed by atoms with Gasteiger partial charge in [0.2, 0.25) is 0 Å². The summed E-state index contributed by atoms with van der Waals surface area (Å²) < 4.78 is 27.4. The predicted molar refractivity (Wildman–Crippen MR) is 68.6 cm³/mol. The molecule has 0 saturated carbocycles. The fourth-order valence-electron chi connectivity index (χ4n) is 1.58. The Hall–Kier alpha value is -1.76. The third-order valence-electron chi connectivity index (χ3n) is 2.61. The van der Waals surface area contributed by atoms with Gasteiger partial charge in [-0.25, -0.2) is 8.78 Å². The molecule has 100 valence electrons. The predicted octanol–water partition coefficient (Wildman–Crippen LogP) is 2.69. The van der Waals surface area contributed by atoms with Crippen LogP contribution in [-0.4, -0.2) is 16.1 Å². The number of H-pyrrole nitrogens is 1. The molecule has 2 rings (SSSR count). The van der Waals surface area contributed by atoms with Crippen molar-refractivity contribution in [3.05, 3.63) is 51.3 Å². The minimum Gasteiger partial charge on any atom is -0.348 e. The van der Waals surface area contributed by atoms with Crippen molar-refractivity contribution >= 4 is 21.8 Å². The lowest BCUT2D eigenvalue weighted by atomic mass is 10.1. The summed E-state index contributed by atoms with van der Waals surface area (Å²) in [5.41, 5.74) is 0.952. The number of amides is 1. The van der Waals surface area contributed by atoms with Gasteiger partial charge in [0.05, 0.1) is 6.20 Å². The lowest BCUT2D eigenvalue weighted by Gasteiger charge is -2.07. The smallest absolute Gasteiger partial charge is 0.257 e. The van der Waals surface area contributed by atoms with Crippen molar-refractivity contribution in [2.45, 2.75) is 13.5 Å². The Morgan fingerprint density at radius 2 is 2.05 bits per heavy atom. The maximum absolute atomic E-state index is 13.6. The molecule has 1 amide bonds. The van der Waals surface area contributed by atoms with Crippen LogP contribution < -0.4 is 5.32 Å². The van der Waals surface area contributed by atoms with Gasteiger partial charge in [-0.2, -0.15) is 5.10 Å². The highest BCUT2D eigenvalue weighted by Gasteiger charge is 2.18. The molecule has 0 fully saturated rings. The SMILES string of the molecule is Cc1[nH]ncc1CNC(=O)c1c(F)cc(Br)cc1F. The third-order valence-corrected chi connectivity index (χ3v) is 3.07. The molecule has 0 spiro atoms. The first-order chi connectivity index (χ1) is 8.99. The van der Waals surface area contributed by atoms with Gasteiger partial charge in [-0.3, -0.25) is 9.89 Å². The van der Waals surface area contributed by atoms with Gasteiger partial charge in [-0.05, 0) is 19.1 Å². The van der Waals surface area contributed by atoms with Crippen LogP contribution >= 0.6 is 15.9 Å². The Balaban J connectivity index is 2.15. The number of halogens is 3. The van der Waals surface area contributed by atoms with Crippen molar-refractivity contribution in [1.29, 1.82) is 0 Å². The monoisotopic (exact) mass is 329 g/mol. The molecule has 0 unspecified atom stereocenters. The average Bonchev–Trinajstić information content (AvgIpc) is 2.70. The van der Waals surface area contributed by atoms with Gasteiger partial charge in [0.1, 0.15) is 17.2 Å². The first-order valence-corrected chi connectivity index (χ1v) is 6.20. The molecule has 0 aliphatic carbocycles. The summed E-state index contributed by atoms with van der Waals surface area (Å²) >= 11 is 2.95. The zero-order valence-electron chi connectivity index (χ0n) is 9.93. The second kappa shape index (κ2) is 5.48. The highest BCUT2D eigenvalue weighted by Crippen LogP contribution is 2.19. The number of rotatable bonds is 3. The van der Waals surface area contributed by atoms with Crippen molar-refractivity contribution in [3.63, 3.8) is 0 Å². The number of aromatic amines is 1. The van der Waals surface area contributed by atoms with Gasteiger partial charge in [0, 0.05) is 22.3 Å². The third kappa shape index (κ3) is 2.98. The number of nitrogens with zero attached hydrogens (tertiary/aromatic N) is 1. The van der Waals surface area contributed by atoms with E-state index >= 15 is 0 Å².